The highest BCUT2D eigenvalue weighted by Crippen LogP contribution is 2.35. The van der Waals surface area contributed by atoms with Crippen LogP contribution in [0, 0.1) is 0 Å². The van der Waals surface area contributed by atoms with E-state index < -0.39 is 0 Å². The summed E-state index contributed by atoms with van der Waals surface area (Å²) in [5.41, 5.74) is 0.887. The Balaban J connectivity index is 1.56. The van der Waals surface area contributed by atoms with Crippen molar-refractivity contribution in [1.82, 2.24) is 9.55 Å². The molecule has 0 radical (unpaired) electrons. The second kappa shape index (κ2) is 4.80. The van der Waals surface area contributed by atoms with Gasteiger partial charge < -0.3 is 19.4 Å². The van der Waals surface area contributed by atoms with Crippen molar-refractivity contribution in [3.63, 3.8) is 0 Å². The molecule has 108 valence electrons. The Morgan fingerprint density at radius 2 is 2.24 bits per heavy atom. The molecule has 1 saturated carbocycles. The third-order valence-electron chi connectivity index (χ3n) is 3.73. The Bertz CT molecular complexity index is 737. The lowest BCUT2D eigenvalue weighted by molar-refractivity contribution is 0.173. The van der Waals surface area contributed by atoms with Crippen LogP contribution < -0.4 is 20.3 Å². The summed E-state index contributed by atoms with van der Waals surface area (Å²) in [7, 11) is 0. The van der Waals surface area contributed by atoms with E-state index in [1.54, 1.807) is 17.0 Å². The number of anilines is 1. The maximum absolute atomic E-state index is 12.3. The van der Waals surface area contributed by atoms with E-state index in [1.807, 2.05) is 18.2 Å². The Labute approximate surface area is 121 Å². The van der Waals surface area contributed by atoms with Crippen molar-refractivity contribution < 1.29 is 9.47 Å². The second-order valence-electron chi connectivity index (χ2n) is 5.22. The Morgan fingerprint density at radius 3 is 3.10 bits per heavy atom. The zero-order valence-electron chi connectivity index (χ0n) is 11.4. The fourth-order valence-electron chi connectivity index (χ4n) is 2.50. The molecule has 1 aliphatic heterocycles. The molecule has 2 aliphatic rings. The molecule has 2 heterocycles. The number of nitrogens with one attached hydrogen (secondary N) is 1. The maximum atomic E-state index is 12.3. The summed E-state index contributed by atoms with van der Waals surface area (Å²) in [5.74, 6) is 1.86. The van der Waals surface area contributed by atoms with Gasteiger partial charge >= 0.3 is 0 Å². The molecule has 0 bridgehead atoms. The molecule has 0 amide bonds. The van der Waals surface area contributed by atoms with Crippen molar-refractivity contribution in [2.75, 3.05) is 12.1 Å². The molecule has 1 aromatic carbocycles. The summed E-state index contributed by atoms with van der Waals surface area (Å²) in [6, 6.07) is 6.07. The minimum Gasteiger partial charge on any atom is -0.454 e. The minimum atomic E-state index is -0.0651. The van der Waals surface area contributed by atoms with E-state index in [4.69, 9.17) is 9.47 Å². The summed E-state index contributed by atoms with van der Waals surface area (Å²) in [4.78, 5) is 16.4. The Hall–Kier alpha value is -2.50. The molecule has 0 atom stereocenters. The van der Waals surface area contributed by atoms with E-state index in [9.17, 15) is 4.79 Å². The van der Waals surface area contributed by atoms with Crippen molar-refractivity contribution in [2.45, 2.75) is 25.4 Å². The third kappa shape index (κ3) is 2.22. The summed E-state index contributed by atoms with van der Waals surface area (Å²) >= 11 is 0. The standard InChI is InChI=1S/C15H15N3O3/c19-15-14(16-6-7-18(15)11-4-5-11)17-8-10-2-1-3-12-13(10)21-9-20-12/h1-3,6-7,11H,4-5,8-9H2,(H,16,17). The number of benzene rings is 1. The predicted molar refractivity (Wildman–Crippen MR) is 76.7 cm³/mol. The van der Waals surface area contributed by atoms with E-state index in [-0.39, 0.29) is 12.4 Å². The first-order valence-electron chi connectivity index (χ1n) is 7.01. The van der Waals surface area contributed by atoms with Gasteiger partial charge in [0.05, 0.1) is 0 Å². The second-order valence-corrected chi connectivity index (χ2v) is 5.22. The molecule has 0 spiro atoms. The van der Waals surface area contributed by atoms with E-state index in [0.29, 0.717) is 18.4 Å². The number of hydrogen-bond acceptors (Lipinski definition) is 5. The van der Waals surface area contributed by atoms with Gasteiger partial charge in [-0.25, -0.2) is 4.98 Å². The first-order chi connectivity index (χ1) is 10.3. The van der Waals surface area contributed by atoms with Crippen LogP contribution in [0.1, 0.15) is 24.4 Å². The summed E-state index contributed by atoms with van der Waals surface area (Å²) in [6.45, 7) is 0.716. The summed E-state index contributed by atoms with van der Waals surface area (Å²) in [5, 5.41) is 3.10. The van der Waals surface area contributed by atoms with Crippen LogP contribution in [-0.4, -0.2) is 16.3 Å². The molecule has 4 rings (SSSR count). The van der Waals surface area contributed by atoms with Gasteiger partial charge in [0.1, 0.15) is 0 Å². The van der Waals surface area contributed by atoms with Crippen molar-refractivity contribution in [3.8, 4) is 11.5 Å². The van der Waals surface area contributed by atoms with E-state index in [1.165, 1.54) is 0 Å². The van der Waals surface area contributed by atoms with Gasteiger partial charge in [0.15, 0.2) is 17.3 Å². The fourth-order valence-corrected chi connectivity index (χ4v) is 2.50. The van der Waals surface area contributed by atoms with Crippen molar-refractivity contribution in [3.05, 3.63) is 46.5 Å². The first kappa shape index (κ1) is 12.3. The SMILES string of the molecule is O=c1c(NCc2cccc3c2OCO3)nccn1C1CC1. The van der Waals surface area contributed by atoms with E-state index in [2.05, 4.69) is 10.3 Å². The lowest BCUT2D eigenvalue weighted by atomic mass is 10.2. The van der Waals surface area contributed by atoms with Crippen molar-refractivity contribution >= 4 is 5.82 Å². The van der Waals surface area contributed by atoms with Gasteiger partial charge in [-0.15, -0.1) is 0 Å². The Kier molecular flexibility index (Phi) is 2.80. The number of hydrogen-bond donors (Lipinski definition) is 1. The average molecular weight is 285 g/mol. The monoisotopic (exact) mass is 285 g/mol. The van der Waals surface area contributed by atoms with Crippen LogP contribution in [0.4, 0.5) is 5.82 Å². The van der Waals surface area contributed by atoms with Gasteiger partial charge in [-0.1, -0.05) is 12.1 Å². The predicted octanol–water partition coefficient (Wildman–Crippen LogP) is 1.92. The number of aromatic nitrogens is 2. The zero-order chi connectivity index (χ0) is 14.2. The quantitative estimate of drug-likeness (QED) is 0.929. The first-order valence-corrected chi connectivity index (χ1v) is 7.01. The number of fused-ring (bicyclic) bond motifs is 1. The molecule has 1 N–H and O–H groups in total. The van der Waals surface area contributed by atoms with Crippen LogP contribution in [0.25, 0.3) is 0 Å². The van der Waals surface area contributed by atoms with Gasteiger partial charge in [-0.05, 0) is 18.9 Å². The van der Waals surface area contributed by atoms with Crippen molar-refractivity contribution in [1.29, 1.82) is 0 Å². The molecule has 1 aliphatic carbocycles. The topological polar surface area (TPSA) is 65.4 Å². The molecule has 21 heavy (non-hydrogen) atoms. The summed E-state index contributed by atoms with van der Waals surface area (Å²) < 4.78 is 12.6. The van der Waals surface area contributed by atoms with E-state index >= 15 is 0 Å². The van der Waals surface area contributed by atoms with Gasteiger partial charge in [0, 0.05) is 30.5 Å². The number of nitrogens with zero attached hydrogens (tertiary/aromatic N) is 2. The van der Waals surface area contributed by atoms with Gasteiger partial charge in [-0.3, -0.25) is 4.79 Å². The zero-order valence-corrected chi connectivity index (χ0v) is 11.4. The lowest BCUT2D eigenvalue weighted by Crippen LogP contribution is -2.23. The largest absolute Gasteiger partial charge is 0.454 e. The third-order valence-corrected chi connectivity index (χ3v) is 3.73. The molecule has 6 nitrogen and oxygen atoms in total. The summed E-state index contributed by atoms with van der Waals surface area (Å²) in [6.07, 6.45) is 5.56. The molecule has 1 aromatic heterocycles. The van der Waals surface area contributed by atoms with E-state index in [0.717, 1.165) is 29.9 Å². The normalized spacial score (nSPS) is 16.0. The van der Waals surface area contributed by atoms with Crippen LogP contribution in [0.3, 0.4) is 0 Å². The molecule has 1 fully saturated rings. The molecule has 0 unspecified atom stereocenters. The lowest BCUT2D eigenvalue weighted by Gasteiger charge is -2.09. The number of rotatable bonds is 4. The van der Waals surface area contributed by atoms with Gasteiger partial charge in [-0.2, -0.15) is 0 Å². The van der Waals surface area contributed by atoms with Crippen LogP contribution in [0.2, 0.25) is 0 Å². The van der Waals surface area contributed by atoms with Crippen LogP contribution in [-0.2, 0) is 6.54 Å². The van der Waals surface area contributed by atoms with Crippen molar-refractivity contribution in [2.24, 2.45) is 0 Å². The highest BCUT2D eigenvalue weighted by molar-refractivity contribution is 5.49. The minimum absolute atomic E-state index is 0.0651. The number of ether oxygens (including phenoxy) is 2. The highest BCUT2D eigenvalue weighted by Gasteiger charge is 2.25. The maximum Gasteiger partial charge on any atom is 0.293 e. The van der Waals surface area contributed by atoms with Gasteiger partial charge in [0.25, 0.3) is 5.56 Å². The molecule has 0 saturated heterocycles. The fraction of sp³-hybridized carbons (Fsp3) is 0.333. The molecule has 6 heteroatoms. The van der Waals surface area contributed by atoms with Crippen LogP contribution >= 0.6 is 0 Å². The highest BCUT2D eigenvalue weighted by atomic mass is 16.7. The molecular formula is C15H15N3O3. The molecule has 2 aromatic rings. The molecular weight excluding hydrogens is 270 g/mol. The Morgan fingerprint density at radius 1 is 1.33 bits per heavy atom. The smallest absolute Gasteiger partial charge is 0.293 e. The number of para-hydroxylation sites is 1. The van der Waals surface area contributed by atoms with Crippen LogP contribution in [0.5, 0.6) is 11.5 Å². The average Bonchev–Trinajstić information content (AvgIpc) is 3.23. The van der Waals surface area contributed by atoms with Crippen LogP contribution in [0.15, 0.2) is 35.4 Å². The van der Waals surface area contributed by atoms with Gasteiger partial charge in [0.2, 0.25) is 6.79 Å².